The molecule has 1 fully saturated rings. The highest BCUT2D eigenvalue weighted by Gasteiger charge is 2.31. The normalized spacial score (nSPS) is 17.3. The number of aromatic nitrogens is 2. The van der Waals surface area contributed by atoms with E-state index in [1.54, 1.807) is 0 Å². The quantitative estimate of drug-likeness (QED) is 0.928. The van der Waals surface area contributed by atoms with Gasteiger partial charge in [0.2, 0.25) is 0 Å². The van der Waals surface area contributed by atoms with E-state index in [4.69, 9.17) is 9.84 Å². The molecule has 0 bridgehead atoms. The van der Waals surface area contributed by atoms with Gasteiger partial charge >= 0.3 is 5.97 Å². The van der Waals surface area contributed by atoms with E-state index in [0.29, 0.717) is 26.1 Å². The third kappa shape index (κ3) is 2.39. The maximum absolute atomic E-state index is 13.0. The number of hydrogen-bond donors (Lipinski definition) is 1. The second-order valence-electron chi connectivity index (χ2n) is 3.95. The number of aromatic carboxylic acids is 1. The maximum Gasteiger partial charge on any atom is 0.340 e. The van der Waals surface area contributed by atoms with Crippen LogP contribution in [-0.2, 0) is 4.74 Å². The summed E-state index contributed by atoms with van der Waals surface area (Å²) in [7, 11) is 0. The van der Waals surface area contributed by atoms with Gasteiger partial charge in [0.15, 0.2) is 0 Å². The van der Waals surface area contributed by atoms with Crippen LogP contribution >= 0.6 is 15.9 Å². The predicted octanol–water partition coefficient (Wildman–Crippen LogP) is 2.63. The highest BCUT2D eigenvalue weighted by molar-refractivity contribution is 9.10. The number of rotatable bonds is 3. The van der Waals surface area contributed by atoms with Gasteiger partial charge in [0.25, 0.3) is 6.43 Å². The third-order valence-corrected chi connectivity index (χ3v) is 3.42. The molecule has 2 rings (SSSR count). The topological polar surface area (TPSA) is 64.3 Å². The SMILES string of the molecule is O=C(O)c1c(Br)nn(C2CCOCC2)c1C(F)F. The minimum Gasteiger partial charge on any atom is -0.478 e. The van der Waals surface area contributed by atoms with E-state index >= 15 is 0 Å². The summed E-state index contributed by atoms with van der Waals surface area (Å²) in [6, 6.07) is -0.243. The van der Waals surface area contributed by atoms with Crippen molar-refractivity contribution in [3.05, 3.63) is 15.9 Å². The lowest BCUT2D eigenvalue weighted by atomic mass is 10.1. The van der Waals surface area contributed by atoms with Crippen molar-refractivity contribution >= 4 is 21.9 Å². The van der Waals surface area contributed by atoms with E-state index in [9.17, 15) is 13.6 Å². The van der Waals surface area contributed by atoms with Crippen LogP contribution in [0.1, 0.15) is 41.4 Å². The molecule has 2 heterocycles. The molecule has 1 aliphatic rings. The van der Waals surface area contributed by atoms with Crippen LogP contribution in [0.25, 0.3) is 0 Å². The number of ether oxygens (including phenoxy) is 1. The number of hydrogen-bond acceptors (Lipinski definition) is 3. The molecule has 0 radical (unpaired) electrons. The molecule has 0 aliphatic carbocycles. The van der Waals surface area contributed by atoms with Gasteiger partial charge in [-0.05, 0) is 28.8 Å². The zero-order valence-electron chi connectivity index (χ0n) is 9.28. The molecule has 1 aromatic rings. The van der Waals surface area contributed by atoms with Gasteiger partial charge in [-0.1, -0.05) is 0 Å². The van der Waals surface area contributed by atoms with Crippen molar-refractivity contribution in [3.8, 4) is 0 Å². The first-order chi connectivity index (χ1) is 8.52. The molecular formula is C10H11BrF2N2O3. The Balaban J connectivity index is 2.46. The lowest BCUT2D eigenvalue weighted by Crippen LogP contribution is -2.22. The Morgan fingerprint density at radius 3 is 2.61 bits per heavy atom. The fourth-order valence-corrected chi connectivity index (χ4v) is 2.58. The molecule has 5 nitrogen and oxygen atoms in total. The van der Waals surface area contributed by atoms with Crippen molar-refractivity contribution in [2.45, 2.75) is 25.3 Å². The minimum absolute atomic E-state index is 0.0585. The lowest BCUT2D eigenvalue weighted by Gasteiger charge is -2.24. The summed E-state index contributed by atoms with van der Waals surface area (Å²) in [5, 5.41) is 12.9. The summed E-state index contributed by atoms with van der Waals surface area (Å²) in [6.07, 6.45) is -1.78. The van der Waals surface area contributed by atoms with Crippen LogP contribution in [0.5, 0.6) is 0 Å². The van der Waals surface area contributed by atoms with Crippen molar-refractivity contribution in [2.24, 2.45) is 0 Å². The molecule has 0 amide bonds. The fraction of sp³-hybridized carbons (Fsp3) is 0.600. The molecule has 0 spiro atoms. The molecule has 1 saturated heterocycles. The van der Waals surface area contributed by atoms with Crippen LogP contribution < -0.4 is 0 Å². The first kappa shape index (κ1) is 13.4. The number of nitrogens with zero attached hydrogens (tertiary/aromatic N) is 2. The molecule has 1 aliphatic heterocycles. The van der Waals surface area contributed by atoms with E-state index in [2.05, 4.69) is 21.0 Å². The van der Waals surface area contributed by atoms with Crippen LogP contribution in [0, 0.1) is 0 Å². The number of halogens is 3. The van der Waals surface area contributed by atoms with Gasteiger partial charge in [0.05, 0.1) is 6.04 Å². The number of carbonyl (C=O) groups is 1. The Labute approximate surface area is 110 Å². The summed E-state index contributed by atoms with van der Waals surface area (Å²) in [5.74, 6) is -1.41. The molecule has 1 N–H and O–H groups in total. The molecule has 0 saturated carbocycles. The second-order valence-corrected chi connectivity index (χ2v) is 4.70. The van der Waals surface area contributed by atoms with Gasteiger partial charge in [-0.3, -0.25) is 4.68 Å². The Hall–Kier alpha value is -1.02. The van der Waals surface area contributed by atoms with E-state index in [1.165, 1.54) is 0 Å². The lowest BCUT2D eigenvalue weighted by molar-refractivity contribution is 0.0581. The summed E-state index contributed by atoms with van der Waals surface area (Å²) in [4.78, 5) is 11.0. The van der Waals surface area contributed by atoms with E-state index < -0.39 is 23.7 Å². The largest absolute Gasteiger partial charge is 0.478 e. The maximum atomic E-state index is 13.0. The van der Waals surface area contributed by atoms with Crippen LogP contribution in [0.3, 0.4) is 0 Å². The van der Waals surface area contributed by atoms with Gasteiger partial charge in [0, 0.05) is 13.2 Å². The van der Waals surface area contributed by atoms with Crippen molar-refractivity contribution in [1.29, 1.82) is 0 Å². The molecule has 100 valence electrons. The number of carboxylic acid groups (broad SMARTS) is 1. The van der Waals surface area contributed by atoms with E-state index in [0.717, 1.165) is 4.68 Å². The zero-order chi connectivity index (χ0) is 13.3. The second kappa shape index (κ2) is 5.31. The summed E-state index contributed by atoms with van der Waals surface area (Å²) in [5.41, 5.74) is -1.00. The molecule has 0 atom stereocenters. The predicted molar refractivity (Wildman–Crippen MR) is 60.9 cm³/mol. The highest BCUT2D eigenvalue weighted by Crippen LogP contribution is 2.33. The highest BCUT2D eigenvalue weighted by atomic mass is 79.9. The van der Waals surface area contributed by atoms with Crippen molar-refractivity contribution in [2.75, 3.05) is 13.2 Å². The monoisotopic (exact) mass is 324 g/mol. The zero-order valence-corrected chi connectivity index (χ0v) is 10.9. The average Bonchev–Trinajstić information content (AvgIpc) is 2.68. The molecule has 0 unspecified atom stereocenters. The molecular weight excluding hydrogens is 314 g/mol. The summed E-state index contributed by atoms with van der Waals surface area (Å²) < 4.78 is 32.3. The number of carboxylic acids is 1. The van der Waals surface area contributed by atoms with Crippen LogP contribution in [0.2, 0.25) is 0 Å². The summed E-state index contributed by atoms with van der Waals surface area (Å²) in [6.45, 7) is 0.931. The Morgan fingerprint density at radius 1 is 1.50 bits per heavy atom. The molecule has 1 aromatic heterocycles. The standard InChI is InChI=1S/C10H11BrF2N2O3/c11-8-6(10(16)17)7(9(12)13)15(14-8)5-1-3-18-4-2-5/h5,9H,1-4H2,(H,16,17). The first-order valence-corrected chi connectivity index (χ1v) is 6.18. The minimum atomic E-state index is -2.88. The van der Waals surface area contributed by atoms with Crippen LogP contribution in [0.4, 0.5) is 8.78 Å². The molecule has 0 aromatic carbocycles. The fourth-order valence-electron chi connectivity index (χ4n) is 2.03. The van der Waals surface area contributed by atoms with E-state index in [1.807, 2.05) is 0 Å². The third-order valence-electron chi connectivity index (χ3n) is 2.86. The smallest absolute Gasteiger partial charge is 0.340 e. The van der Waals surface area contributed by atoms with E-state index in [-0.39, 0.29) is 10.6 Å². The summed E-state index contributed by atoms with van der Waals surface area (Å²) >= 11 is 2.93. The van der Waals surface area contributed by atoms with Gasteiger partial charge in [-0.2, -0.15) is 5.10 Å². The van der Waals surface area contributed by atoms with Crippen molar-refractivity contribution < 1.29 is 23.4 Å². The Bertz CT molecular complexity index is 458. The van der Waals surface area contributed by atoms with Gasteiger partial charge in [-0.25, -0.2) is 13.6 Å². The molecule has 18 heavy (non-hydrogen) atoms. The van der Waals surface area contributed by atoms with Crippen molar-refractivity contribution in [3.63, 3.8) is 0 Å². The average molecular weight is 325 g/mol. The molecule has 8 heteroatoms. The first-order valence-electron chi connectivity index (χ1n) is 5.39. The van der Waals surface area contributed by atoms with Gasteiger partial charge < -0.3 is 9.84 Å². The van der Waals surface area contributed by atoms with Crippen LogP contribution in [-0.4, -0.2) is 34.1 Å². The van der Waals surface area contributed by atoms with Gasteiger partial charge in [-0.15, -0.1) is 0 Å². The Morgan fingerprint density at radius 2 is 2.11 bits per heavy atom. The Kier molecular flexibility index (Phi) is 3.96. The van der Waals surface area contributed by atoms with Crippen molar-refractivity contribution in [1.82, 2.24) is 9.78 Å². The number of alkyl halides is 2. The van der Waals surface area contributed by atoms with Gasteiger partial charge in [0.1, 0.15) is 15.9 Å². The van der Waals surface area contributed by atoms with Crippen LogP contribution in [0.15, 0.2) is 4.60 Å².